The second-order valence-electron chi connectivity index (χ2n) is 5.95. The highest BCUT2D eigenvalue weighted by Gasteiger charge is 2.29. The van der Waals surface area contributed by atoms with Crippen LogP contribution in [0.1, 0.15) is 44.6 Å². The lowest BCUT2D eigenvalue weighted by Gasteiger charge is -2.35. The Balaban J connectivity index is 1.71. The van der Waals surface area contributed by atoms with E-state index in [1.54, 1.807) is 0 Å². The average Bonchev–Trinajstić information content (AvgIpc) is 2.52. The van der Waals surface area contributed by atoms with Crippen LogP contribution in [0, 0.1) is 11.8 Å². The Morgan fingerprint density at radius 2 is 2.10 bits per heavy atom. The fraction of sp³-hybridized carbons (Fsp3) is 0.706. The van der Waals surface area contributed by atoms with Crippen LogP contribution >= 0.6 is 0 Å². The van der Waals surface area contributed by atoms with Crippen LogP contribution in [0.25, 0.3) is 0 Å². The highest BCUT2D eigenvalue weighted by atomic mass is 16.5. The largest absolute Gasteiger partial charge is 0.378 e. The minimum Gasteiger partial charge on any atom is -0.378 e. The van der Waals surface area contributed by atoms with Gasteiger partial charge in [0.15, 0.2) is 0 Å². The maximum Gasteiger partial charge on any atom is 0.0617 e. The Morgan fingerprint density at radius 1 is 1.30 bits per heavy atom. The van der Waals surface area contributed by atoms with Gasteiger partial charge in [0.1, 0.15) is 0 Å². The molecule has 0 bridgehead atoms. The fourth-order valence-electron chi connectivity index (χ4n) is 3.18. The predicted octanol–water partition coefficient (Wildman–Crippen LogP) is 3.18. The zero-order valence-electron chi connectivity index (χ0n) is 12.6. The smallest absolute Gasteiger partial charge is 0.0617 e. The lowest BCUT2D eigenvalue weighted by Crippen LogP contribution is -2.36. The van der Waals surface area contributed by atoms with Crippen LogP contribution < -0.4 is 5.73 Å². The van der Waals surface area contributed by atoms with Gasteiger partial charge in [0.25, 0.3) is 0 Å². The molecule has 1 aromatic heterocycles. The first-order valence-electron chi connectivity index (χ1n) is 8.04. The highest BCUT2D eigenvalue weighted by molar-refractivity contribution is 5.09. The molecule has 0 aromatic carbocycles. The maximum absolute atomic E-state index is 6.14. The summed E-state index contributed by atoms with van der Waals surface area (Å²) in [6, 6.07) is 4.16. The number of nitrogens with zero attached hydrogens (tertiary/aromatic N) is 1. The molecule has 1 aliphatic carbocycles. The lowest BCUT2D eigenvalue weighted by atomic mass is 9.78. The molecular formula is C17H28N2O. The van der Waals surface area contributed by atoms with Crippen LogP contribution in [0.5, 0.6) is 0 Å². The molecule has 3 atom stereocenters. The third kappa shape index (κ3) is 4.57. The Hall–Kier alpha value is -0.930. The van der Waals surface area contributed by atoms with Crippen molar-refractivity contribution in [1.29, 1.82) is 0 Å². The number of rotatable bonds is 7. The van der Waals surface area contributed by atoms with E-state index in [0.29, 0.717) is 12.0 Å². The summed E-state index contributed by atoms with van der Waals surface area (Å²) in [5.41, 5.74) is 7.23. The molecule has 0 radical (unpaired) electrons. The second-order valence-corrected chi connectivity index (χ2v) is 5.95. The van der Waals surface area contributed by atoms with Crippen LogP contribution in [0.3, 0.4) is 0 Å². The molecule has 20 heavy (non-hydrogen) atoms. The molecule has 0 aliphatic heterocycles. The van der Waals surface area contributed by atoms with Gasteiger partial charge in [-0.15, -0.1) is 0 Å². The van der Waals surface area contributed by atoms with Crippen LogP contribution in [0.2, 0.25) is 0 Å². The molecule has 1 aromatic rings. The van der Waals surface area contributed by atoms with E-state index >= 15 is 0 Å². The summed E-state index contributed by atoms with van der Waals surface area (Å²) < 4.78 is 6.14. The molecule has 3 nitrogen and oxygen atoms in total. The van der Waals surface area contributed by atoms with Crippen molar-refractivity contribution in [3.05, 3.63) is 30.1 Å². The summed E-state index contributed by atoms with van der Waals surface area (Å²) >= 11 is 0. The molecule has 0 amide bonds. The van der Waals surface area contributed by atoms with Gasteiger partial charge in [0.2, 0.25) is 0 Å². The SMILES string of the molecule is CCC1CCC(CN)C(OCCCc2ccncc2)C1. The van der Waals surface area contributed by atoms with Gasteiger partial charge in [-0.3, -0.25) is 4.98 Å². The summed E-state index contributed by atoms with van der Waals surface area (Å²) in [5, 5.41) is 0. The van der Waals surface area contributed by atoms with Crippen molar-refractivity contribution in [2.75, 3.05) is 13.2 Å². The number of aromatic nitrogens is 1. The molecule has 3 unspecified atom stereocenters. The number of hydrogen-bond donors (Lipinski definition) is 1. The van der Waals surface area contributed by atoms with E-state index < -0.39 is 0 Å². The highest BCUT2D eigenvalue weighted by Crippen LogP contribution is 2.32. The van der Waals surface area contributed by atoms with E-state index in [0.717, 1.165) is 31.9 Å². The van der Waals surface area contributed by atoms with Crippen LogP contribution in [0.15, 0.2) is 24.5 Å². The molecule has 0 spiro atoms. The van der Waals surface area contributed by atoms with E-state index in [9.17, 15) is 0 Å². The van der Waals surface area contributed by atoms with E-state index in [1.165, 1.54) is 31.2 Å². The van der Waals surface area contributed by atoms with Gasteiger partial charge < -0.3 is 10.5 Å². The van der Waals surface area contributed by atoms with Crippen molar-refractivity contribution in [2.24, 2.45) is 17.6 Å². The molecule has 0 saturated heterocycles. The van der Waals surface area contributed by atoms with E-state index in [2.05, 4.69) is 24.0 Å². The first-order valence-corrected chi connectivity index (χ1v) is 8.04. The first kappa shape index (κ1) is 15.5. The fourth-order valence-corrected chi connectivity index (χ4v) is 3.18. The van der Waals surface area contributed by atoms with Gasteiger partial charge in [-0.2, -0.15) is 0 Å². The molecule has 1 saturated carbocycles. The monoisotopic (exact) mass is 276 g/mol. The van der Waals surface area contributed by atoms with Crippen molar-refractivity contribution < 1.29 is 4.74 Å². The van der Waals surface area contributed by atoms with E-state index in [-0.39, 0.29) is 0 Å². The standard InChI is InChI=1S/C17H28N2O/c1-2-14-5-6-16(13-18)17(12-14)20-11-3-4-15-7-9-19-10-8-15/h7-10,14,16-17H,2-6,11-13,18H2,1H3. The minimum atomic E-state index is 0.385. The van der Waals surface area contributed by atoms with Crippen molar-refractivity contribution in [3.8, 4) is 0 Å². The van der Waals surface area contributed by atoms with Gasteiger partial charge >= 0.3 is 0 Å². The van der Waals surface area contributed by atoms with Crippen LogP contribution in [-0.4, -0.2) is 24.2 Å². The Bertz CT molecular complexity index is 369. The van der Waals surface area contributed by atoms with Gasteiger partial charge in [0.05, 0.1) is 6.10 Å². The summed E-state index contributed by atoms with van der Waals surface area (Å²) in [6.45, 7) is 3.90. The maximum atomic E-state index is 6.14. The van der Waals surface area contributed by atoms with Gasteiger partial charge in [0, 0.05) is 19.0 Å². The Kier molecular flexibility index (Phi) is 6.48. The van der Waals surface area contributed by atoms with Crippen LogP contribution in [-0.2, 0) is 11.2 Å². The molecule has 1 aliphatic rings. The quantitative estimate of drug-likeness (QED) is 0.778. The van der Waals surface area contributed by atoms with Crippen molar-refractivity contribution in [3.63, 3.8) is 0 Å². The Morgan fingerprint density at radius 3 is 2.80 bits per heavy atom. The number of nitrogens with two attached hydrogens (primary N) is 1. The first-order chi connectivity index (χ1) is 9.83. The normalized spacial score (nSPS) is 26.6. The zero-order chi connectivity index (χ0) is 14.2. The topological polar surface area (TPSA) is 48.1 Å². The molecule has 2 rings (SSSR count). The summed E-state index contributed by atoms with van der Waals surface area (Å²) in [7, 11) is 0. The number of hydrogen-bond acceptors (Lipinski definition) is 3. The minimum absolute atomic E-state index is 0.385. The average molecular weight is 276 g/mol. The molecule has 112 valence electrons. The van der Waals surface area contributed by atoms with E-state index in [1.807, 2.05) is 12.4 Å². The van der Waals surface area contributed by atoms with Crippen molar-refractivity contribution in [2.45, 2.75) is 51.6 Å². The molecule has 2 N–H and O–H groups in total. The second kappa shape index (κ2) is 8.38. The lowest BCUT2D eigenvalue weighted by molar-refractivity contribution is -0.0244. The number of aryl methyl sites for hydroxylation is 1. The summed E-state index contributed by atoms with van der Waals surface area (Å²) in [6.07, 6.45) is 11.3. The number of pyridine rings is 1. The third-order valence-corrected chi connectivity index (χ3v) is 4.61. The zero-order valence-corrected chi connectivity index (χ0v) is 12.6. The number of ether oxygens (including phenoxy) is 1. The summed E-state index contributed by atoms with van der Waals surface area (Å²) in [4.78, 5) is 4.04. The van der Waals surface area contributed by atoms with Gasteiger partial charge in [-0.05, 0) is 68.2 Å². The van der Waals surface area contributed by atoms with Gasteiger partial charge in [-0.25, -0.2) is 0 Å². The molecule has 1 heterocycles. The molecular weight excluding hydrogens is 248 g/mol. The predicted molar refractivity (Wildman–Crippen MR) is 82.5 cm³/mol. The van der Waals surface area contributed by atoms with Crippen LogP contribution in [0.4, 0.5) is 0 Å². The van der Waals surface area contributed by atoms with Crippen molar-refractivity contribution in [1.82, 2.24) is 4.98 Å². The van der Waals surface area contributed by atoms with Crippen molar-refractivity contribution >= 4 is 0 Å². The molecule has 1 fully saturated rings. The summed E-state index contributed by atoms with van der Waals surface area (Å²) in [5.74, 6) is 1.40. The van der Waals surface area contributed by atoms with Gasteiger partial charge in [-0.1, -0.05) is 13.3 Å². The third-order valence-electron chi connectivity index (χ3n) is 4.61. The Labute approximate surface area is 122 Å². The molecule has 3 heteroatoms. The van der Waals surface area contributed by atoms with E-state index in [4.69, 9.17) is 10.5 Å².